The number of amides is 1. The number of benzene rings is 1. The summed E-state index contributed by atoms with van der Waals surface area (Å²) in [6.45, 7) is 5.71. The van der Waals surface area contributed by atoms with Crippen LogP contribution < -0.4 is 5.73 Å². The summed E-state index contributed by atoms with van der Waals surface area (Å²) < 4.78 is 0. The molecule has 2 aliphatic rings. The van der Waals surface area contributed by atoms with Crippen molar-refractivity contribution in [2.24, 2.45) is 11.7 Å². The third-order valence-electron chi connectivity index (χ3n) is 5.39. The van der Waals surface area contributed by atoms with Crippen molar-refractivity contribution in [3.05, 3.63) is 35.9 Å². The molecule has 0 saturated carbocycles. The molecule has 0 bridgehead atoms. The highest BCUT2D eigenvalue weighted by molar-refractivity contribution is 5.82. The van der Waals surface area contributed by atoms with Crippen LogP contribution >= 0.6 is 0 Å². The molecule has 0 radical (unpaired) electrons. The number of carbonyl (C=O) groups is 1. The third kappa shape index (κ3) is 3.93. The molecular weight excluding hydrogens is 286 g/mol. The van der Waals surface area contributed by atoms with E-state index in [2.05, 4.69) is 41.0 Å². The Balaban J connectivity index is 1.63. The van der Waals surface area contributed by atoms with Crippen LogP contribution in [0.5, 0.6) is 0 Å². The maximum atomic E-state index is 13.0. The molecule has 1 amide bonds. The highest BCUT2D eigenvalue weighted by Crippen LogP contribution is 2.25. The first kappa shape index (κ1) is 16.5. The van der Waals surface area contributed by atoms with E-state index in [4.69, 9.17) is 5.73 Å². The van der Waals surface area contributed by atoms with Crippen LogP contribution in [0.1, 0.15) is 38.2 Å². The average molecular weight is 315 g/mol. The molecule has 2 fully saturated rings. The van der Waals surface area contributed by atoms with Gasteiger partial charge >= 0.3 is 0 Å². The predicted octanol–water partition coefficient (Wildman–Crippen LogP) is 2.24. The molecule has 1 aromatic carbocycles. The summed E-state index contributed by atoms with van der Waals surface area (Å²) in [5.41, 5.74) is 7.36. The van der Waals surface area contributed by atoms with E-state index in [1.807, 2.05) is 6.07 Å². The Morgan fingerprint density at radius 1 is 1.22 bits per heavy atom. The van der Waals surface area contributed by atoms with Crippen LogP contribution in [0.3, 0.4) is 0 Å². The summed E-state index contributed by atoms with van der Waals surface area (Å²) in [7, 11) is 0. The Hall–Kier alpha value is -1.39. The molecule has 1 aromatic rings. The van der Waals surface area contributed by atoms with Gasteiger partial charge in [-0.15, -0.1) is 0 Å². The molecule has 2 N–H and O–H groups in total. The van der Waals surface area contributed by atoms with Gasteiger partial charge in [-0.2, -0.15) is 0 Å². The van der Waals surface area contributed by atoms with Crippen molar-refractivity contribution in [1.82, 2.24) is 9.80 Å². The minimum absolute atomic E-state index is 0.0574. The monoisotopic (exact) mass is 315 g/mol. The van der Waals surface area contributed by atoms with Crippen LogP contribution in [-0.2, 0) is 11.3 Å². The number of hydrogen-bond donors (Lipinski definition) is 1. The van der Waals surface area contributed by atoms with E-state index in [9.17, 15) is 4.79 Å². The third-order valence-corrected chi connectivity index (χ3v) is 5.39. The quantitative estimate of drug-likeness (QED) is 0.927. The first-order chi connectivity index (χ1) is 11.1. The lowest BCUT2D eigenvalue weighted by Crippen LogP contribution is -2.51. The summed E-state index contributed by atoms with van der Waals surface area (Å²) in [6.07, 6.45) is 4.35. The van der Waals surface area contributed by atoms with Crippen molar-refractivity contribution in [3.63, 3.8) is 0 Å². The van der Waals surface area contributed by atoms with Crippen LogP contribution in [0.15, 0.2) is 30.3 Å². The molecule has 2 aliphatic heterocycles. The summed E-state index contributed by atoms with van der Waals surface area (Å²) >= 11 is 0. The van der Waals surface area contributed by atoms with Gasteiger partial charge in [0.2, 0.25) is 5.91 Å². The molecule has 23 heavy (non-hydrogen) atoms. The van der Waals surface area contributed by atoms with Crippen molar-refractivity contribution < 1.29 is 4.79 Å². The lowest BCUT2D eigenvalue weighted by Gasteiger charge is -2.37. The van der Waals surface area contributed by atoms with Gasteiger partial charge in [-0.05, 0) is 50.6 Å². The molecule has 2 saturated heterocycles. The largest absolute Gasteiger partial charge is 0.341 e. The maximum Gasteiger partial charge on any atom is 0.239 e. The standard InChI is InChI=1S/C19H29N3O/c1-15(20)17-9-5-12-22(14-17)19(23)18-10-6-11-21(18)13-16-7-3-2-4-8-16/h2-4,7-8,15,17-18H,5-6,9-14,20H2,1H3. The van der Waals surface area contributed by atoms with Crippen molar-refractivity contribution in [1.29, 1.82) is 0 Å². The van der Waals surface area contributed by atoms with Crippen molar-refractivity contribution in [2.45, 2.75) is 51.2 Å². The molecule has 4 nitrogen and oxygen atoms in total. The number of nitrogens with zero attached hydrogens (tertiary/aromatic N) is 2. The zero-order valence-corrected chi connectivity index (χ0v) is 14.2. The van der Waals surface area contributed by atoms with Gasteiger partial charge in [0, 0.05) is 25.7 Å². The Kier molecular flexibility index (Phi) is 5.34. The molecule has 0 aromatic heterocycles. The van der Waals surface area contributed by atoms with Crippen LogP contribution in [-0.4, -0.2) is 47.4 Å². The maximum absolute atomic E-state index is 13.0. The van der Waals surface area contributed by atoms with E-state index in [0.717, 1.165) is 51.9 Å². The molecule has 0 spiro atoms. The first-order valence-corrected chi connectivity index (χ1v) is 8.97. The average Bonchev–Trinajstić information content (AvgIpc) is 3.03. The second-order valence-electron chi connectivity index (χ2n) is 7.16. The van der Waals surface area contributed by atoms with Crippen LogP contribution in [0.2, 0.25) is 0 Å². The predicted molar refractivity (Wildman–Crippen MR) is 92.8 cm³/mol. The SMILES string of the molecule is CC(N)C1CCCN(C(=O)C2CCCN2Cc2ccccc2)C1. The van der Waals surface area contributed by atoms with Crippen LogP contribution in [0, 0.1) is 5.92 Å². The minimum atomic E-state index is 0.0574. The van der Waals surface area contributed by atoms with Gasteiger partial charge in [0.15, 0.2) is 0 Å². The highest BCUT2D eigenvalue weighted by Gasteiger charge is 2.35. The number of hydrogen-bond acceptors (Lipinski definition) is 3. The second kappa shape index (κ2) is 7.45. The summed E-state index contributed by atoms with van der Waals surface area (Å²) in [6, 6.07) is 10.7. The number of carbonyl (C=O) groups excluding carboxylic acids is 1. The van der Waals surface area contributed by atoms with E-state index >= 15 is 0 Å². The van der Waals surface area contributed by atoms with Gasteiger partial charge in [-0.25, -0.2) is 0 Å². The Morgan fingerprint density at radius 3 is 2.70 bits per heavy atom. The Bertz CT molecular complexity index is 517. The number of piperidine rings is 1. The van der Waals surface area contributed by atoms with E-state index in [0.29, 0.717) is 11.8 Å². The lowest BCUT2D eigenvalue weighted by molar-refractivity contribution is -0.138. The van der Waals surface area contributed by atoms with Gasteiger partial charge in [-0.3, -0.25) is 9.69 Å². The van der Waals surface area contributed by atoms with Gasteiger partial charge in [0.1, 0.15) is 0 Å². The topological polar surface area (TPSA) is 49.6 Å². The van der Waals surface area contributed by atoms with Crippen molar-refractivity contribution in [3.8, 4) is 0 Å². The second-order valence-corrected chi connectivity index (χ2v) is 7.16. The van der Waals surface area contributed by atoms with Gasteiger partial charge < -0.3 is 10.6 Å². The Morgan fingerprint density at radius 2 is 1.96 bits per heavy atom. The van der Waals surface area contributed by atoms with E-state index in [1.165, 1.54) is 5.56 Å². The fraction of sp³-hybridized carbons (Fsp3) is 0.632. The minimum Gasteiger partial charge on any atom is -0.341 e. The van der Waals surface area contributed by atoms with E-state index in [1.54, 1.807) is 0 Å². The van der Waals surface area contributed by atoms with Crippen molar-refractivity contribution in [2.75, 3.05) is 19.6 Å². The summed E-state index contributed by atoms with van der Waals surface area (Å²) in [4.78, 5) is 17.4. The lowest BCUT2D eigenvalue weighted by atomic mass is 9.91. The van der Waals surface area contributed by atoms with Crippen LogP contribution in [0.25, 0.3) is 0 Å². The number of nitrogens with two attached hydrogens (primary N) is 1. The van der Waals surface area contributed by atoms with Crippen LogP contribution in [0.4, 0.5) is 0 Å². The summed E-state index contributed by atoms with van der Waals surface area (Å²) in [5.74, 6) is 0.778. The zero-order chi connectivity index (χ0) is 16.2. The Labute approximate surface area is 139 Å². The number of rotatable bonds is 4. The molecule has 3 unspecified atom stereocenters. The first-order valence-electron chi connectivity index (χ1n) is 8.97. The fourth-order valence-electron chi connectivity index (χ4n) is 3.96. The molecule has 3 atom stereocenters. The molecule has 126 valence electrons. The highest BCUT2D eigenvalue weighted by atomic mass is 16.2. The normalized spacial score (nSPS) is 27.1. The van der Waals surface area contributed by atoms with E-state index in [-0.39, 0.29) is 12.1 Å². The molecule has 3 rings (SSSR count). The van der Waals surface area contributed by atoms with Gasteiger partial charge in [0.05, 0.1) is 6.04 Å². The zero-order valence-electron chi connectivity index (χ0n) is 14.2. The summed E-state index contributed by atoms with van der Waals surface area (Å²) in [5, 5.41) is 0. The molecule has 0 aliphatic carbocycles. The molecular formula is C19H29N3O. The number of likely N-dealkylation sites (tertiary alicyclic amines) is 2. The van der Waals surface area contributed by atoms with E-state index < -0.39 is 0 Å². The molecule has 2 heterocycles. The van der Waals surface area contributed by atoms with Gasteiger partial charge in [-0.1, -0.05) is 30.3 Å². The van der Waals surface area contributed by atoms with Gasteiger partial charge in [0.25, 0.3) is 0 Å². The smallest absolute Gasteiger partial charge is 0.239 e. The molecule has 4 heteroatoms. The van der Waals surface area contributed by atoms with Crippen molar-refractivity contribution >= 4 is 5.91 Å². The fourth-order valence-corrected chi connectivity index (χ4v) is 3.96.